The lowest BCUT2D eigenvalue weighted by Crippen LogP contribution is -2.24. The van der Waals surface area contributed by atoms with E-state index in [0.29, 0.717) is 25.0 Å². The van der Waals surface area contributed by atoms with Gasteiger partial charge in [-0.2, -0.15) is 5.26 Å². The van der Waals surface area contributed by atoms with E-state index in [4.69, 9.17) is 5.26 Å². The van der Waals surface area contributed by atoms with Gasteiger partial charge in [0.25, 0.3) is 0 Å². The molecule has 0 aliphatic carbocycles. The molecule has 0 fully saturated rings. The molecule has 0 bridgehead atoms. The molecule has 0 saturated carbocycles. The summed E-state index contributed by atoms with van der Waals surface area (Å²) in [6.45, 7) is 5.68. The SMILES string of the molecule is C=C(C)C(=O)NCCCC#N. The number of nitriles is 1. The Morgan fingerprint density at radius 3 is 2.82 bits per heavy atom. The van der Waals surface area contributed by atoms with E-state index in [1.807, 2.05) is 6.07 Å². The number of amides is 1. The van der Waals surface area contributed by atoms with Gasteiger partial charge in [0, 0.05) is 18.5 Å². The summed E-state index contributed by atoms with van der Waals surface area (Å²) in [6.07, 6.45) is 1.19. The van der Waals surface area contributed by atoms with Crippen LogP contribution in [-0.2, 0) is 4.79 Å². The van der Waals surface area contributed by atoms with E-state index in [-0.39, 0.29) is 5.91 Å². The monoisotopic (exact) mass is 152 g/mol. The van der Waals surface area contributed by atoms with Crippen LogP contribution in [0.2, 0.25) is 0 Å². The zero-order chi connectivity index (χ0) is 8.69. The fraction of sp³-hybridized carbons (Fsp3) is 0.500. The van der Waals surface area contributed by atoms with Crippen molar-refractivity contribution in [3.8, 4) is 6.07 Å². The molecule has 0 atom stereocenters. The number of carbonyl (C=O) groups is 1. The van der Waals surface area contributed by atoms with Gasteiger partial charge in [-0.3, -0.25) is 4.79 Å². The van der Waals surface area contributed by atoms with Crippen molar-refractivity contribution < 1.29 is 4.79 Å². The molecular weight excluding hydrogens is 140 g/mol. The van der Waals surface area contributed by atoms with Gasteiger partial charge in [0.2, 0.25) is 5.91 Å². The van der Waals surface area contributed by atoms with Crippen molar-refractivity contribution in [3.63, 3.8) is 0 Å². The first-order chi connectivity index (χ1) is 5.18. The number of hydrogen-bond acceptors (Lipinski definition) is 2. The molecule has 0 saturated heterocycles. The molecule has 3 heteroatoms. The second kappa shape index (κ2) is 5.48. The number of nitrogens with one attached hydrogen (secondary N) is 1. The molecule has 3 nitrogen and oxygen atoms in total. The van der Waals surface area contributed by atoms with Crippen LogP contribution in [0.1, 0.15) is 19.8 Å². The molecule has 0 aromatic rings. The van der Waals surface area contributed by atoms with Crippen LogP contribution in [0.5, 0.6) is 0 Å². The van der Waals surface area contributed by atoms with Gasteiger partial charge in [0.1, 0.15) is 0 Å². The molecule has 0 rings (SSSR count). The van der Waals surface area contributed by atoms with Gasteiger partial charge in [-0.1, -0.05) is 6.58 Å². The van der Waals surface area contributed by atoms with Gasteiger partial charge >= 0.3 is 0 Å². The zero-order valence-corrected chi connectivity index (χ0v) is 6.68. The maximum absolute atomic E-state index is 10.8. The summed E-state index contributed by atoms with van der Waals surface area (Å²) in [5, 5.41) is 10.8. The van der Waals surface area contributed by atoms with Gasteiger partial charge < -0.3 is 5.32 Å². The van der Waals surface area contributed by atoms with E-state index in [0.717, 1.165) is 0 Å². The minimum atomic E-state index is -0.136. The lowest BCUT2D eigenvalue weighted by Gasteiger charge is -2.00. The molecule has 0 unspecified atom stereocenters. The van der Waals surface area contributed by atoms with E-state index in [1.54, 1.807) is 6.92 Å². The standard InChI is InChI=1S/C8H12N2O/c1-7(2)8(11)10-6-4-3-5-9/h1,3-4,6H2,2H3,(H,10,11). The van der Waals surface area contributed by atoms with Gasteiger partial charge in [0.15, 0.2) is 0 Å². The highest BCUT2D eigenvalue weighted by atomic mass is 16.1. The molecule has 0 aliphatic heterocycles. The van der Waals surface area contributed by atoms with Gasteiger partial charge in [-0.25, -0.2) is 0 Å². The molecular formula is C8H12N2O. The summed E-state index contributed by atoms with van der Waals surface area (Å²) >= 11 is 0. The fourth-order valence-electron chi connectivity index (χ4n) is 0.520. The number of hydrogen-bond donors (Lipinski definition) is 1. The molecule has 0 aromatic carbocycles. The Morgan fingerprint density at radius 1 is 1.73 bits per heavy atom. The van der Waals surface area contributed by atoms with Crippen molar-refractivity contribution in [2.45, 2.75) is 19.8 Å². The minimum absolute atomic E-state index is 0.136. The average molecular weight is 152 g/mol. The van der Waals surface area contributed by atoms with Crippen molar-refractivity contribution >= 4 is 5.91 Å². The van der Waals surface area contributed by atoms with E-state index in [2.05, 4.69) is 11.9 Å². The fourth-order valence-corrected chi connectivity index (χ4v) is 0.520. The summed E-state index contributed by atoms with van der Waals surface area (Å²) < 4.78 is 0. The lowest BCUT2D eigenvalue weighted by molar-refractivity contribution is -0.117. The highest BCUT2D eigenvalue weighted by Gasteiger charge is 1.98. The first-order valence-electron chi connectivity index (χ1n) is 3.49. The Balaban J connectivity index is 3.34. The van der Waals surface area contributed by atoms with Crippen LogP contribution >= 0.6 is 0 Å². The van der Waals surface area contributed by atoms with Gasteiger partial charge in [-0.05, 0) is 13.3 Å². The maximum atomic E-state index is 10.8. The van der Waals surface area contributed by atoms with Crippen molar-refractivity contribution in [2.75, 3.05) is 6.54 Å². The Morgan fingerprint density at radius 2 is 2.36 bits per heavy atom. The number of nitrogens with zero attached hydrogens (tertiary/aromatic N) is 1. The summed E-state index contributed by atoms with van der Waals surface area (Å²) in [5.41, 5.74) is 0.502. The predicted octanol–water partition coefficient (Wildman–Crippen LogP) is 0.982. The third-order valence-corrected chi connectivity index (χ3v) is 1.14. The Kier molecular flexibility index (Phi) is 4.83. The smallest absolute Gasteiger partial charge is 0.246 e. The summed E-state index contributed by atoms with van der Waals surface area (Å²) in [6, 6.07) is 2.00. The predicted molar refractivity (Wildman–Crippen MR) is 42.7 cm³/mol. The molecule has 1 amide bonds. The van der Waals surface area contributed by atoms with E-state index in [1.165, 1.54) is 0 Å². The number of carbonyl (C=O) groups excluding carboxylic acids is 1. The molecule has 60 valence electrons. The van der Waals surface area contributed by atoms with Crippen molar-refractivity contribution in [1.29, 1.82) is 5.26 Å². The number of unbranched alkanes of at least 4 members (excludes halogenated alkanes) is 1. The third-order valence-electron chi connectivity index (χ3n) is 1.14. The molecule has 0 heterocycles. The quantitative estimate of drug-likeness (QED) is 0.482. The highest BCUT2D eigenvalue weighted by Crippen LogP contribution is 1.87. The second-order valence-electron chi connectivity index (χ2n) is 2.30. The summed E-state index contributed by atoms with van der Waals surface area (Å²) in [4.78, 5) is 10.8. The molecule has 0 aromatic heterocycles. The van der Waals surface area contributed by atoms with E-state index < -0.39 is 0 Å². The molecule has 11 heavy (non-hydrogen) atoms. The van der Waals surface area contributed by atoms with Crippen LogP contribution in [0.4, 0.5) is 0 Å². The largest absolute Gasteiger partial charge is 0.352 e. The minimum Gasteiger partial charge on any atom is -0.352 e. The molecule has 0 spiro atoms. The third kappa shape index (κ3) is 5.16. The van der Waals surface area contributed by atoms with Gasteiger partial charge in [0.05, 0.1) is 6.07 Å². The van der Waals surface area contributed by atoms with Crippen molar-refractivity contribution in [2.24, 2.45) is 0 Å². The van der Waals surface area contributed by atoms with Crippen LogP contribution in [0.3, 0.4) is 0 Å². The zero-order valence-electron chi connectivity index (χ0n) is 6.68. The first-order valence-corrected chi connectivity index (χ1v) is 3.49. The van der Waals surface area contributed by atoms with Crippen LogP contribution in [-0.4, -0.2) is 12.5 Å². The van der Waals surface area contributed by atoms with Crippen molar-refractivity contribution in [3.05, 3.63) is 12.2 Å². The summed E-state index contributed by atoms with van der Waals surface area (Å²) in [7, 11) is 0. The van der Waals surface area contributed by atoms with Crippen molar-refractivity contribution in [1.82, 2.24) is 5.32 Å². The van der Waals surface area contributed by atoms with E-state index in [9.17, 15) is 4.79 Å². The average Bonchev–Trinajstić information content (AvgIpc) is 1.97. The molecule has 1 N–H and O–H groups in total. The number of rotatable bonds is 4. The van der Waals surface area contributed by atoms with E-state index >= 15 is 0 Å². The normalized spacial score (nSPS) is 8.36. The molecule has 0 aliphatic rings. The Hall–Kier alpha value is -1.30. The summed E-state index contributed by atoms with van der Waals surface area (Å²) in [5.74, 6) is -0.136. The van der Waals surface area contributed by atoms with Crippen LogP contribution in [0.25, 0.3) is 0 Å². The Labute approximate surface area is 66.7 Å². The van der Waals surface area contributed by atoms with Crippen LogP contribution in [0.15, 0.2) is 12.2 Å². The topological polar surface area (TPSA) is 52.9 Å². The maximum Gasteiger partial charge on any atom is 0.246 e. The van der Waals surface area contributed by atoms with Crippen LogP contribution < -0.4 is 5.32 Å². The van der Waals surface area contributed by atoms with Crippen LogP contribution in [0, 0.1) is 11.3 Å². The Bertz CT molecular complexity index is 191. The second-order valence-corrected chi connectivity index (χ2v) is 2.30. The van der Waals surface area contributed by atoms with Gasteiger partial charge in [-0.15, -0.1) is 0 Å². The highest BCUT2D eigenvalue weighted by molar-refractivity contribution is 5.91. The molecule has 0 radical (unpaired) electrons. The first kappa shape index (κ1) is 9.70. The lowest BCUT2D eigenvalue weighted by atomic mass is 10.3.